The molecule has 0 atom stereocenters. The van der Waals surface area contributed by atoms with Crippen molar-refractivity contribution in [3.63, 3.8) is 0 Å². The Hall–Kier alpha value is -2.55. The van der Waals surface area contributed by atoms with E-state index in [1.807, 2.05) is 36.5 Å². The number of nitrogens with one attached hydrogen (secondary N) is 2. The number of rotatable bonds is 9. The molecule has 0 aliphatic rings. The molecule has 26 heavy (non-hydrogen) atoms. The first-order chi connectivity index (χ1) is 12.8. The maximum Gasteiger partial charge on any atom is 0.270 e. The molecule has 2 N–H and O–H groups in total. The molecule has 0 saturated carbocycles. The molecule has 136 valence electrons. The summed E-state index contributed by atoms with van der Waals surface area (Å²) in [4.78, 5) is 16.6. The normalized spacial score (nSPS) is 10.8. The molecule has 1 amide bonds. The molecule has 0 bridgehead atoms. The van der Waals surface area contributed by atoms with Crippen LogP contribution in [0.2, 0.25) is 0 Å². The molecule has 0 fully saturated rings. The van der Waals surface area contributed by atoms with Gasteiger partial charge in [-0.1, -0.05) is 18.2 Å². The number of para-hydroxylation sites is 1. The highest BCUT2D eigenvalue weighted by Gasteiger charge is 2.13. The Morgan fingerprint density at radius 3 is 2.88 bits per heavy atom. The van der Waals surface area contributed by atoms with Gasteiger partial charge in [0.15, 0.2) is 0 Å². The zero-order valence-corrected chi connectivity index (χ0v) is 15.3. The van der Waals surface area contributed by atoms with Gasteiger partial charge in [-0.05, 0) is 12.1 Å². The first-order valence-corrected chi connectivity index (χ1v) is 9.20. The molecule has 8 heteroatoms. The second-order valence-corrected chi connectivity index (χ2v) is 6.40. The number of carbonyl (C=O) groups is 1. The maximum atomic E-state index is 12.2. The number of carbonyl (C=O) groups excluding carboxylic acids is 1. The van der Waals surface area contributed by atoms with Crippen molar-refractivity contribution >= 4 is 17.2 Å². The van der Waals surface area contributed by atoms with E-state index in [9.17, 15) is 4.79 Å². The van der Waals surface area contributed by atoms with Crippen LogP contribution in [0, 0.1) is 0 Å². The Bertz CT molecular complexity index is 831. The van der Waals surface area contributed by atoms with E-state index < -0.39 is 0 Å². The Balaban J connectivity index is 1.56. The predicted octanol–water partition coefficient (Wildman–Crippen LogP) is 1.96. The van der Waals surface area contributed by atoms with Gasteiger partial charge in [-0.3, -0.25) is 4.79 Å². The summed E-state index contributed by atoms with van der Waals surface area (Å²) in [6, 6.07) is 9.86. The first-order valence-electron chi connectivity index (χ1n) is 8.32. The lowest BCUT2D eigenvalue weighted by molar-refractivity contribution is 0.0949. The number of benzene rings is 1. The lowest BCUT2D eigenvalue weighted by Crippen LogP contribution is -2.33. The fourth-order valence-corrected chi connectivity index (χ4v) is 3.10. The fourth-order valence-electron chi connectivity index (χ4n) is 2.32. The van der Waals surface area contributed by atoms with E-state index in [1.165, 1.54) is 11.3 Å². The van der Waals surface area contributed by atoms with Crippen molar-refractivity contribution in [1.29, 1.82) is 0 Å². The van der Waals surface area contributed by atoms with E-state index in [-0.39, 0.29) is 5.91 Å². The SMILES string of the molecule is COCCNCCNC(=O)c1csc(-c2cnn(-c3ccccc3)c2)n1. The quantitative estimate of drug-likeness (QED) is 0.562. The summed E-state index contributed by atoms with van der Waals surface area (Å²) in [5.41, 5.74) is 2.29. The maximum absolute atomic E-state index is 12.2. The van der Waals surface area contributed by atoms with Gasteiger partial charge in [-0.25, -0.2) is 9.67 Å². The minimum atomic E-state index is -0.170. The molecule has 0 aliphatic carbocycles. The number of ether oxygens (including phenoxy) is 1. The van der Waals surface area contributed by atoms with Crippen LogP contribution in [-0.2, 0) is 4.74 Å². The van der Waals surface area contributed by atoms with Gasteiger partial charge in [-0.15, -0.1) is 11.3 Å². The van der Waals surface area contributed by atoms with E-state index in [0.29, 0.717) is 25.4 Å². The molecule has 7 nitrogen and oxygen atoms in total. The van der Waals surface area contributed by atoms with Gasteiger partial charge in [0.25, 0.3) is 5.91 Å². The summed E-state index contributed by atoms with van der Waals surface area (Å²) in [7, 11) is 1.66. The lowest BCUT2D eigenvalue weighted by Gasteiger charge is -2.04. The minimum Gasteiger partial charge on any atom is -0.383 e. The Morgan fingerprint density at radius 2 is 2.08 bits per heavy atom. The number of hydrogen-bond acceptors (Lipinski definition) is 6. The second kappa shape index (κ2) is 9.23. The van der Waals surface area contributed by atoms with Crippen molar-refractivity contribution < 1.29 is 9.53 Å². The van der Waals surface area contributed by atoms with Gasteiger partial charge in [0.1, 0.15) is 10.7 Å². The summed E-state index contributed by atoms with van der Waals surface area (Å²) in [6.07, 6.45) is 3.67. The Labute approximate surface area is 156 Å². The average Bonchev–Trinajstić information content (AvgIpc) is 3.34. The van der Waals surface area contributed by atoms with E-state index in [2.05, 4.69) is 20.7 Å². The van der Waals surface area contributed by atoms with Crippen LogP contribution < -0.4 is 10.6 Å². The Kier molecular flexibility index (Phi) is 6.48. The average molecular weight is 371 g/mol. The Morgan fingerprint density at radius 1 is 1.23 bits per heavy atom. The molecule has 0 radical (unpaired) electrons. The molecule has 0 saturated heterocycles. The van der Waals surface area contributed by atoms with E-state index in [4.69, 9.17) is 4.74 Å². The third-order valence-corrected chi connectivity index (χ3v) is 4.55. The summed E-state index contributed by atoms with van der Waals surface area (Å²) in [5.74, 6) is -0.170. The number of methoxy groups -OCH3 is 1. The predicted molar refractivity (Wildman–Crippen MR) is 102 cm³/mol. The monoisotopic (exact) mass is 371 g/mol. The van der Waals surface area contributed by atoms with Gasteiger partial charge in [0, 0.05) is 43.9 Å². The molecule has 0 unspecified atom stereocenters. The summed E-state index contributed by atoms with van der Waals surface area (Å²) in [6.45, 7) is 2.65. The molecule has 2 heterocycles. The highest BCUT2D eigenvalue weighted by Crippen LogP contribution is 2.24. The van der Waals surface area contributed by atoms with Crippen LogP contribution in [0.25, 0.3) is 16.3 Å². The second-order valence-electron chi connectivity index (χ2n) is 5.55. The number of hydrogen-bond donors (Lipinski definition) is 2. The van der Waals surface area contributed by atoms with Crippen LogP contribution in [0.4, 0.5) is 0 Å². The zero-order valence-electron chi connectivity index (χ0n) is 14.5. The molecule has 1 aromatic carbocycles. The van der Waals surface area contributed by atoms with Crippen molar-refractivity contribution in [2.24, 2.45) is 0 Å². The summed E-state index contributed by atoms with van der Waals surface area (Å²) >= 11 is 1.43. The molecule has 3 aromatic rings. The van der Waals surface area contributed by atoms with Crippen molar-refractivity contribution in [3.05, 3.63) is 53.8 Å². The van der Waals surface area contributed by atoms with Crippen LogP contribution in [0.3, 0.4) is 0 Å². The van der Waals surface area contributed by atoms with E-state index in [1.54, 1.807) is 23.4 Å². The van der Waals surface area contributed by atoms with E-state index in [0.717, 1.165) is 22.8 Å². The standard InChI is InChI=1S/C18H21N5O2S/c1-25-10-9-19-7-8-20-17(24)16-13-26-18(22-16)14-11-21-23(12-14)15-5-3-2-4-6-15/h2-6,11-13,19H,7-10H2,1H3,(H,20,24). The first kappa shape index (κ1) is 18.2. The van der Waals surface area contributed by atoms with Crippen LogP contribution in [0.15, 0.2) is 48.1 Å². The number of aromatic nitrogens is 3. The molecule has 3 rings (SSSR count). The number of amides is 1. The summed E-state index contributed by atoms with van der Waals surface area (Å²) < 4.78 is 6.74. The number of nitrogens with zero attached hydrogens (tertiary/aromatic N) is 3. The zero-order chi connectivity index (χ0) is 18.2. The highest BCUT2D eigenvalue weighted by molar-refractivity contribution is 7.13. The highest BCUT2D eigenvalue weighted by atomic mass is 32.1. The lowest BCUT2D eigenvalue weighted by atomic mass is 10.3. The van der Waals surface area contributed by atoms with Crippen LogP contribution in [-0.4, -0.2) is 54.0 Å². The van der Waals surface area contributed by atoms with Gasteiger partial charge >= 0.3 is 0 Å². The molecule has 0 spiro atoms. The van der Waals surface area contributed by atoms with Crippen molar-refractivity contribution in [1.82, 2.24) is 25.4 Å². The smallest absolute Gasteiger partial charge is 0.270 e. The van der Waals surface area contributed by atoms with Crippen LogP contribution in [0.1, 0.15) is 10.5 Å². The van der Waals surface area contributed by atoms with Crippen LogP contribution in [0.5, 0.6) is 0 Å². The molecule has 2 aromatic heterocycles. The van der Waals surface area contributed by atoms with Crippen molar-refractivity contribution in [3.8, 4) is 16.3 Å². The molecular weight excluding hydrogens is 350 g/mol. The van der Waals surface area contributed by atoms with Gasteiger partial charge in [0.05, 0.1) is 18.5 Å². The van der Waals surface area contributed by atoms with Gasteiger partial charge in [0.2, 0.25) is 0 Å². The fraction of sp³-hybridized carbons (Fsp3) is 0.278. The van der Waals surface area contributed by atoms with Crippen LogP contribution >= 0.6 is 11.3 Å². The molecule has 0 aliphatic heterocycles. The van der Waals surface area contributed by atoms with Gasteiger partial charge in [-0.2, -0.15) is 5.10 Å². The van der Waals surface area contributed by atoms with E-state index >= 15 is 0 Å². The minimum absolute atomic E-state index is 0.170. The third kappa shape index (κ3) is 4.75. The van der Waals surface area contributed by atoms with Crippen molar-refractivity contribution in [2.45, 2.75) is 0 Å². The third-order valence-electron chi connectivity index (χ3n) is 3.66. The van der Waals surface area contributed by atoms with Gasteiger partial charge < -0.3 is 15.4 Å². The topological polar surface area (TPSA) is 81.1 Å². The number of thiazole rings is 1. The van der Waals surface area contributed by atoms with Crippen molar-refractivity contribution in [2.75, 3.05) is 33.4 Å². The summed E-state index contributed by atoms with van der Waals surface area (Å²) in [5, 5.41) is 12.9. The largest absolute Gasteiger partial charge is 0.383 e. The molecular formula is C18H21N5O2S.